The standard InChI is InChI=1S/C23H28ClN3OS/c1-5-16(3)27(23(29)25-20-12-11-18(24)13-22(20)28-4)15-17-14-26(6-2)21-10-8-7-9-19(17)21/h7-14,16H,5-6,15H2,1-4H3,(H,25,29)/t16-/m1/s1. The number of fused-ring (bicyclic) bond motifs is 1. The molecule has 0 aliphatic rings. The molecule has 0 saturated heterocycles. The Morgan fingerprint density at radius 1 is 1.24 bits per heavy atom. The maximum atomic E-state index is 6.09. The minimum atomic E-state index is 0.289. The van der Waals surface area contributed by atoms with E-state index in [1.54, 1.807) is 13.2 Å². The number of benzene rings is 2. The van der Waals surface area contributed by atoms with Crippen LogP contribution >= 0.6 is 23.8 Å². The first-order valence-corrected chi connectivity index (χ1v) is 10.7. The monoisotopic (exact) mass is 429 g/mol. The van der Waals surface area contributed by atoms with E-state index in [9.17, 15) is 0 Å². The van der Waals surface area contributed by atoms with Gasteiger partial charge in [-0.1, -0.05) is 36.7 Å². The van der Waals surface area contributed by atoms with Crippen LogP contribution in [0.3, 0.4) is 0 Å². The molecule has 0 aliphatic heterocycles. The Labute approximate surface area is 183 Å². The third-order valence-electron chi connectivity index (χ3n) is 5.34. The maximum absolute atomic E-state index is 6.09. The van der Waals surface area contributed by atoms with Crippen LogP contribution in [0.2, 0.25) is 5.02 Å². The highest BCUT2D eigenvalue weighted by Gasteiger charge is 2.20. The Bertz CT molecular complexity index is 1000. The number of anilines is 1. The molecule has 6 heteroatoms. The first kappa shape index (κ1) is 21.5. The molecule has 4 nitrogen and oxygen atoms in total. The van der Waals surface area contributed by atoms with E-state index in [0.29, 0.717) is 15.9 Å². The third kappa shape index (κ3) is 4.68. The van der Waals surface area contributed by atoms with Crippen molar-refractivity contribution in [1.29, 1.82) is 0 Å². The van der Waals surface area contributed by atoms with Crippen LogP contribution in [0.15, 0.2) is 48.7 Å². The Morgan fingerprint density at radius 3 is 2.69 bits per heavy atom. The van der Waals surface area contributed by atoms with E-state index in [4.69, 9.17) is 28.6 Å². The van der Waals surface area contributed by atoms with Gasteiger partial charge in [0, 0.05) is 47.3 Å². The molecule has 154 valence electrons. The number of methoxy groups -OCH3 is 1. The van der Waals surface area contributed by atoms with E-state index in [2.05, 4.69) is 66.0 Å². The second-order valence-corrected chi connectivity index (χ2v) is 7.94. The number of hydrogen-bond donors (Lipinski definition) is 1. The Kier molecular flexibility index (Phi) is 7.04. The van der Waals surface area contributed by atoms with Crippen molar-refractivity contribution >= 4 is 45.5 Å². The number of ether oxygens (including phenoxy) is 1. The summed E-state index contributed by atoms with van der Waals surface area (Å²) in [6, 6.07) is 14.3. The van der Waals surface area contributed by atoms with Gasteiger partial charge in [-0.3, -0.25) is 0 Å². The number of thiocarbonyl (C=S) groups is 1. The van der Waals surface area contributed by atoms with Crippen LogP contribution in [0.5, 0.6) is 5.75 Å². The maximum Gasteiger partial charge on any atom is 0.174 e. The lowest BCUT2D eigenvalue weighted by Gasteiger charge is -2.31. The summed E-state index contributed by atoms with van der Waals surface area (Å²) >= 11 is 11.9. The lowest BCUT2D eigenvalue weighted by atomic mass is 10.1. The van der Waals surface area contributed by atoms with Gasteiger partial charge in [0.15, 0.2) is 5.11 Å². The molecule has 1 aromatic heterocycles. The SMILES string of the molecule is CC[C@@H](C)N(Cc1cn(CC)c2ccccc12)C(=S)Nc1ccc(Cl)cc1OC. The van der Waals surface area contributed by atoms with Crippen molar-refractivity contribution in [2.45, 2.75) is 46.3 Å². The highest BCUT2D eigenvalue weighted by molar-refractivity contribution is 7.80. The Hall–Kier alpha value is -2.24. The highest BCUT2D eigenvalue weighted by atomic mass is 35.5. The van der Waals surface area contributed by atoms with E-state index in [0.717, 1.165) is 25.2 Å². The van der Waals surface area contributed by atoms with Gasteiger partial charge in [0.1, 0.15) is 5.75 Å². The van der Waals surface area contributed by atoms with Gasteiger partial charge in [0.25, 0.3) is 0 Å². The molecular weight excluding hydrogens is 402 g/mol. The summed E-state index contributed by atoms with van der Waals surface area (Å²) in [6.07, 6.45) is 3.23. The van der Waals surface area contributed by atoms with Crippen molar-refractivity contribution in [2.75, 3.05) is 12.4 Å². The van der Waals surface area contributed by atoms with E-state index in [1.807, 2.05) is 12.1 Å². The van der Waals surface area contributed by atoms with Gasteiger partial charge in [-0.15, -0.1) is 0 Å². The molecule has 0 spiro atoms. The predicted molar refractivity (Wildman–Crippen MR) is 127 cm³/mol. The Balaban J connectivity index is 1.90. The molecule has 1 atom stereocenters. The molecule has 3 rings (SSSR count). The largest absolute Gasteiger partial charge is 0.495 e. The van der Waals surface area contributed by atoms with Crippen LogP contribution < -0.4 is 10.1 Å². The number of rotatable bonds is 7. The summed E-state index contributed by atoms with van der Waals surface area (Å²) in [5.41, 5.74) is 3.34. The highest BCUT2D eigenvalue weighted by Crippen LogP contribution is 2.29. The molecule has 0 radical (unpaired) electrons. The van der Waals surface area contributed by atoms with Crippen molar-refractivity contribution in [3.63, 3.8) is 0 Å². The number of para-hydroxylation sites is 1. The fraction of sp³-hybridized carbons (Fsp3) is 0.348. The number of nitrogens with one attached hydrogen (secondary N) is 1. The topological polar surface area (TPSA) is 29.4 Å². The number of hydrogen-bond acceptors (Lipinski definition) is 2. The van der Waals surface area contributed by atoms with Gasteiger partial charge in [0.2, 0.25) is 0 Å². The summed E-state index contributed by atoms with van der Waals surface area (Å²) in [6.45, 7) is 8.23. The quantitative estimate of drug-likeness (QED) is 0.445. The first-order chi connectivity index (χ1) is 14.0. The molecule has 2 aromatic carbocycles. The zero-order valence-corrected chi connectivity index (χ0v) is 19.0. The van der Waals surface area contributed by atoms with Gasteiger partial charge >= 0.3 is 0 Å². The van der Waals surface area contributed by atoms with Crippen LogP contribution in [-0.2, 0) is 13.1 Å². The van der Waals surface area contributed by atoms with Crippen molar-refractivity contribution in [1.82, 2.24) is 9.47 Å². The summed E-state index contributed by atoms with van der Waals surface area (Å²) in [5, 5.41) is 5.94. The number of aryl methyl sites for hydroxylation is 1. The summed E-state index contributed by atoms with van der Waals surface area (Å²) in [7, 11) is 1.63. The van der Waals surface area contributed by atoms with Crippen molar-refractivity contribution in [3.05, 3.63) is 59.2 Å². The second kappa shape index (κ2) is 9.51. The molecule has 0 saturated carbocycles. The van der Waals surface area contributed by atoms with Gasteiger partial charge in [0.05, 0.1) is 12.8 Å². The van der Waals surface area contributed by atoms with Crippen LogP contribution in [-0.4, -0.2) is 27.7 Å². The zero-order chi connectivity index (χ0) is 21.0. The summed E-state index contributed by atoms with van der Waals surface area (Å²) < 4.78 is 7.75. The van der Waals surface area contributed by atoms with E-state index in [-0.39, 0.29) is 6.04 Å². The van der Waals surface area contributed by atoms with Crippen molar-refractivity contribution in [2.24, 2.45) is 0 Å². The van der Waals surface area contributed by atoms with Crippen LogP contribution in [0.25, 0.3) is 10.9 Å². The van der Waals surface area contributed by atoms with Gasteiger partial charge in [-0.2, -0.15) is 0 Å². The summed E-state index contributed by atoms with van der Waals surface area (Å²) in [4.78, 5) is 2.24. The molecule has 1 N–H and O–H groups in total. The molecule has 0 bridgehead atoms. The molecule has 0 unspecified atom stereocenters. The molecule has 0 amide bonds. The van der Waals surface area contributed by atoms with E-state index >= 15 is 0 Å². The fourth-order valence-corrected chi connectivity index (χ4v) is 4.01. The lowest BCUT2D eigenvalue weighted by Crippen LogP contribution is -2.40. The summed E-state index contributed by atoms with van der Waals surface area (Å²) in [5.74, 6) is 0.673. The second-order valence-electron chi connectivity index (χ2n) is 7.12. The third-order valence-corrected chi connectivity index (χ3v) is 5.91. The van der Waals surface area contributed by atoms with E-state index < -0.39 is 0 Å². The zero-order valence-electron chi connectivity index (χ0n) is 17.4. The normalized spacial score (nSPS) is 12.0. The lowest BCUT2D eigenvalue weighted by molar-refractivity contribution is 0.320. The Morgan fingerprint density at radius 2 is 2.00 bits per heavy atom. The molecule has 29 heavy (non-hydrogen) atoms. The fourth-order valence-electron chi connectivity index (χ4n) is 3.50. The average Bonchev–Trinajstić information content (AvgIpc) is 3.10. The molecule has 0 aliphatic carbocycles. The van der Waals surface area contributed by atoms with Crippen molar-refractivity contribution < 1.29 is 4.74 Å². The smallest absolute Gasteiger partial charge is 0.174 e. The number of halogens is 1. The first-order valence-electron chi connectivity index (χ1n) is 9.96. The molecule has 1 heterocycles. The number of aromatic nitrogens is 1. The van der Waals surface area contributed by atoms with Crippen LogP contribution in [0.4, 0.5) is 5.69 Å². The van der Waals surface area contributed by atoms with Crippen LogP contribution in [0, 0.1) is 0 Å². The van der Waals surface area contributed by atoms with E-state index in [1.165, 1.54) is 16.5 Å². The minimum absolute atomic E-state index is 0.289. The minimum Gasteiger partial charge on any atom is -0.495 e. The van der Waals surface area contributed by atoms with Gasteiger partial charge < -0.3 is 19.5 Å². The molecule has 0 fully saturated rings. The molecule has 3 aromatic rings. The van der Waals surface area contributed by atoms with Crippen molar-refractivity contribution in [3.8, 4) is 5.75 Å². The molecular formula is C23H28ClN3OS. The van der Waals surface area contributed by atoms with Crippen LogP contribution in [0.1, 0.15) is 32.8 Å². The average molecular weight is 430 g/mol. The van der Waals surface area contributed by atoms with Gasteiger partial charge in [-0.05, 0) is 56.2 Å². The number of nitrogens with zero attached hydrogens (tertiary/aromatic N) is 2. The van der Waals surface area contributed by atoms with Gasteiger partial charge in [-0.25, -0.2) is 0 Å². The predicted octanol–water partition coefficient (Wildman–Crippen LogP) is 6.32.